The van der Waals surface area contributed by atoms with Gasteiger partial charge in [-0.15, -0.1) is 0 Å². The van der Waals surface area contributed by atoms with Crippen LogP contribution in [0.2, 0.25) is 0 Å². The van der Waals surface area contributed by atoms with Gasteiger partial charge >= 0.3 is 0 Å². The minimum Gasteiger partial charge on any atom is -0.316 e. The van der Waals surface area contributed by atoms with Crippen LogP contribution in [-0.4, -0.2) is 13.1 Å². The predicted octanol–water partition coefficient (Wildman–Crippen LogP) is 4.03. The fourth-order valence-corrected chi connectivity index (χ4v) is 3.44. The molecule has 18 heavy (non-hydrogen) atoms. The van der Waals surface area contributed by atoms with Crippen molar-refractivity contribution in [3.8, 4) is 0 Å². The maximum atomic E-state index is 3.56. The maximum absolute atomic E-state index is 3.56. The Bertz CT molecular complexity index is 333. The van der Waals surface area contributed by atoms with E-state index in [1.165, 1.54) is 44.1 Å². The van der Waals surface area contributed by atoms with Gasteiger partial charge in [-0.3, -0.25) is 0 Å². The molecule has 0 saturated heterocycles. The third-order valence-electron chi connectivity index (χ3n) is 4.64. The second kappa shape index (κ2) is 6.94. The van der Waals surface area contributed by atoms with E-state index in [-0.39, 0.29) is 0 Å². The van der Waals surface area contributed by atoms with Gasteiger partial charge in [0.25, 0.3) is 0 Å². The first-order valence-corrected chi connectivity index (χ1v) is 7.54. The molecule has 0 aliphatic heterocycles. The van der Waals surface area contributed by atoms with E-state index in [2.05, 4.69) is 49.6 Å². The van der Waals surface area contributed by atoms with Gasteiger partial charge < -0.3 is 5.32 Å². The molecule has 1 nitrogen and oxygen atoms in total. The van der Waals surface area contributed by atoms with E-state index < -0.39 is 0 Å². The SMILES string of the molecule is CCC1CCCC(C(Cc2ccccc2)NC)C1. The number of hydrogen-bond donors (Lipinski definition) is 1. The molecule has 1 aromatic rings. The smallest absolute Gasteiger partial charge is 0.0133 e. The van der Waals surface area contributed by atoms with Crippen molar-refractivity contribution in [2.75, 3.05) is 7.05 Å². The lowest BCUT2D eigenvalue weighted by Crippen LogP contribution is -2.38. The van der Waals surface area contributed by atoms with Crippen molar-refractivity contribution in [2.24, 2.45) is 11.8 Å². The largest absolute Gasteiger partial charge is 0.316 e. The summed E-state index contributed by atoms with van der Waals surface area (Å²) in [6.07, 6.45) is 8.26. The number of nitrogens with one attached hydrogen (secondary N) is 1. The Morgan fingerprint density at radius 3 is 2.67 bits per heavy atom. The lowest BCUT2D eigenvalue weighted by molar-refractivity contribution is 0.212. The number of rotatable bonds is 5. The molecule has 1 aromatic carbocycles. The third kappa shape index (κ3) is 3.58. The van der Waals surface area contributed by atoms with E-state index in [1.807, 2.05) is 0 Å². The highest BCUT2D eigenvalue weighted by atomic mass is 14.9. The average Bonchev–Trinajstić information content (AvgIpc) is 2.46. The summed E-state index contributed by atoms with van der Waals surface area (Å²) in [7, 11) is 2.13. The molecule has 0 aromatic heterocycles. The molecule has 0 heterocycles. The molecule has 1 fully saturated rings. The van der Waals surface area contributed by atoms with Crippen molar-refractivity contribution in [3.63, 3.8) is 0 Å². The first kappa shape index (κ1) is 13.6. The first-order chi connectivity index (χ1) is 8.83. The number of likely N-dealkylation sites (N-methyl/N-ethyl adjacent to an activating group) is 1. The fourth-order valence-electron chi connectivity index (χ4n) is 3.44. The molecule has 0 bridgehead atoms. The van der Waals surface area contributed by atoms with Crippen molar-refractivity contribution >= 4 is 0 Å². The van der Waals surface area contributed by atoms with Crippen LogP contribution < -0.4 is 5.32 Å². The van der Waals surface area contributed by atoms with Crippen LogP contribution in [0.4, 0.5) is 0 Å². The van der Waals surface area contributed by atoms with Crippen LogP contribution in [0, 0.1) is 11.8 Å². The molecular weight excluding hydrogens is 218 g/mol. The quantitative estimate of drug-likeness (QED) is 0.825. The zero-order valence-electron chi connectivity index (χ0n) is 11.9. The van der Waals surface area contributed by atoms with Crippen LogP contribution in [-0.2, 0) is 6.42 Å². The Balaban J connectivity index is 1.95. The Hall–Kier alpha value is -0.820. The normalized spacial score (nSPS) is 25.9. The summed E-state index contributed by atoms with van der Waals surface area (Å²) < 4.78 is 0. The molecular formula is C17H27N. The molecule has 0 radical (unpaired) electrons. The number of benzene rings is 1. The van der Waals surface area contributed by atoms with Crippen LogP contribution in [0.3, 0.4) is 0 Å². The van der Waals surface area contributed by atoms with E-state index in [0.717, 1.165) is 11.8 Å². The van der Waals surface area contributed by atoms with Crippen molar-refractivity contribution in [3.05, 3.63) is 35.9 Å². The molecule has 0 spiro atoms. The molecule has 0 amide bonds. The second-order valence-corrected chi connectivity index (χ2v) is 5.79. The van der Waals surface area contributed by atoms with Crippen LogP contribution in [0.5, 0.6) is 0 Å². The molecule has 2 rings (SSSR count). The van der Waals surface area contributed by atoms with Crippen LogP contribution in [0.1, 0.15) is 44.6 Å². The van der Waals surface area contributed by atoms with Gasteiger partial charge in [0.2, 0.25) is 0 Å². The highest BCUT2D eigenvalue weighted by Gasteiger charge is 2.26. The van der Waals surface area contributed by atoms with Gasteiger partial charge in [0.05, 0.1) is 0 Å². The van der Waals surface area contributed by atoms with Gasteiger partial charge in [-0.1, -0.05) is 56.5 Å². The van der Waals surface area contributed by atoms with Gasteiger partial charge in [-0.2, -0.15) is 0 Å². The molecule has 1 heteroatoms. The lowest BCUT2D eigenvalue weighted by Gasteiger charge is -2.34. The van der Waals surface area contributed by atoms with E-state index in [0.29, 0.717) is 6.04 Å². The Kier molecular flexibility index (Phi) is 5.25. The summed E-state index contributed by atoms with van der Waals surface area (Å²) in [5.41, 5.74) is 1.47. The van der Waals surface area contributed by atoms with Gasteiger partial charge in [-0.05, 0) is 43.7 Å². The summed E-state index contributed by atoms with van der Waals surface area (Å²) in [4.78, 5) is 0. The summed E-state index contributed by atoms with van der Waals surface area (Å²) in [6, 6.07) is 11.6. The fraction of sp³-hybridized carbons (Fsp3) is 0.647. The highest BCUT2D eigenvalue weighted by Crippen LogP contribution is 2.33. The van der Waals surface area contributed by atoms with Crippen molar-refractivity contribution in [1.82, 2.24) is 5.32 Å². The maximum Gasteiger partial charge on any atom is 0.0133 e. The molecule has 100 valence electrons. The van der Waals surface area contributed by atoms with E-state index in [4.69, 9.17) is 0 Å². The van der Waals surface area contributed by atoms with E-state index in [9.17, 15) is 0 Å². The monoisotopic (exact) mass is 245 g/mol. The first-order valence-electron chi connectivity index (χ1n) is 7.54. The summed E-state index contributed by atoms with van der Waals surface area (Å²) in [5.74, 6) is 1.84. The molecule has 3 unspecified atom stereocenters. The molecule has 3 atom stereocenters. The van der Waals surface area contributed by atoms with Crippen LogP contribution in [0.15, 0.2) is 30.3 Å². The second-order valence-electron chi connectivity index (χ2n) is 5.79. The zero-order valence-corrected chi connectivity index (χ0v) is 11.9. The third-order valence-corrected chi connectivity index (χ3v) is 4.64. The molecule has 1 aliphatic carbocycles. The average molecular weight is 245 g/mol. The Morgan fingerprint density at radius 1 is 1.22 bits per heavy atom. The summed E-state index contributed by atoms with van der Waals surface area (Å²) >= 11 is 0. The van der Waals surface area contributed by atoms with Crippen molar-refractivity contribution in [1.29, 1.82) is 0 Å². The topological polar surface area (TPSA) is 12.0 Å². The van der Waals surface area contributed by atoms with Crippen LogP contribution >= 0.6 is 0 Å². The van der Waals surface area contributed by atoms with E-state index >= 15 is 0 Å². The predicted molar refractivity (Wildman–Crippen MR) is 78.7 cm³/mol. The lowest BCUT2D eigenvalue weighted by atomic mass is 9.75. The molecule has 1 aliphatic rings. The van der Waals surface area contributed by atoms with Crippen molar-refractivity contribution < 1.29 is 0 Å². The highest BCUT2D eigenvalue weighted by molar-refractivity contribution is 5.16. The van der Waals surface area contributed by atoms with Crippen LogP contribution in [0.25, 0.3) is 0 Å². The molecule has 1 saturated carbocycles. The van der Waals surface area contributed by atoms with E-state index in [1.54, 1.807) is 0 Å². The summed E-state index contributed by atoms with van der Waals surface area (Å²) in [5, 5.41) is 3.56. The Morgan fingerprint density at radius 2 is 2.00 bits per heavy atom. The zero-order chi connectivity index (χ0) is 12.8. The Labute approximate surface area is 112 Å². The number of hydrogen-bond acceptors (Lipinski definition) is 1. The van der Waals surface area contributed by atoms with Gasteiger partial charge in [-0.25, -0.2) is 0 Å². The molecule has 1 N–H and O–H groups in total. The van der Waals surface area contributed by atoms with Gasteiger partial charge in [0.1, 0.15) is 0 Å². The summed E-state index contributed by atoms with van der Waals surface area (Å²) in [6.45, 7) is 2.35. The van der Waals surface area contributed by atoms with Gasteiger partial charge in [0.15, 0.2) is 0 Å². The van der Waals surface area contributed by atoms with Crippen molar-refractivity contribution in [2.45, 2.75) is 51.5 Å². The minimum absolute atomic E-state index is 0.654. The minimum atomic E-state index is 0.654. The van der Waals surface area contributed by atoms with Gasteiger partial charge in [0, 0.05) is 6.04 Å². The standard InChI is InChI=1S/C17H27N/c1-3-14-10-7-11-16(12-14)17(18-2)13-15-8-5-4-6-9-15/h4-6,8-9,14,16-18H,3,7,10-13H2,1-2H3.